The van der Waals surface area contributed by atoms with Crippen molar-refractivity contribution in [2.24, 2.45) is 0 Å². The molecule has 1 heterocycles. The summed E-state index contributed by atoms with van der Waals surface area (Å²) in [6.07, 6.45) is 1.60. The van der Waals surface area contributed by atoms with E-state index in [1.54, 1.807) is 24.2 Å². The van der Waals surface area contributed by atoms with Gasteiger partial charge in [0.05, 0.1) is 7.11 Å². The van der Waals surface area contributed by atoms with Gasteiger partial charge < -0.3 is 14.5 Å². The van der Waals surface area contributed by atoms with E-state index in [-0.39, 0.29) is 11.5 Å². The van der Waals surface area contributed by atoms with Crippen molar-refractivity contribution in [3.63, 3.8) is 0 Å². The van der Waals surface area contributed by atoms with Crippen LogP contribution in [0.2, 0.25) is 0 Å². The average molecular weight is 285 g/mol. The number of carbonyl (C=O) groups is 1. The Balaban J connectivity index is 2.21. The number of ether oxygens (including phenoxy) is 1. The van der Waals surface area contributed by atoms with E-state index in [4.69, 9.17) is 4.74 Å². The summed E-state index contributed by atoms with van der Waals surface area (Å²) in [5, 5.41) is 9.29. The van der Waals surface area contributed by atoms with Crippen LogP contribution in [-0.2, 0) is 4.79 Å². The lowest BCUT2D eigenvalue weighted by molar-refractivity contribution is -0.128. The molecule has 0 spiro atoms. The van der Waals surface area contributed by atoms with E-state index >= 15 is 0 Å². The minimum Gasteiger partial charge on any atom is -0.496 e. The molecule has 5 nitrogen and oxygen atoms in total. The standard InChI is InChI=1S/C16H19N3O2/c1-18-7-9-19(10-8-18)16(20)14(12-17)11-13-5-3-4-6-15(13)21-2/h3-6,11H,7-10H2,1-2H3. The number of nitriles is 1. The van der Waals surface area contributed by atoms with Crippen molar-refractivity contribution in [2.45, 2.75) is 0 Å². The Morgan fingerprint density at radius 3 is 2.57 bits per heavy atom. The van der Waals surface area contributed by atoms with Gasteiger partial charge in [0.25, 0.3) is 5.91 Å². The summed E-state index contributed by atoms with van der Waals surface area (Å²) in [4.78, 5) is 16.3. The number of rotatable bonds is 3. The zero-order chi connectivity index (χ0) is 15.2. The van der Waals surface area contributed by atoms with Crippen LogP contribution in [0.4, 0.5) is 0 Å². The Bertz CT molecular complexity index is 581. The highest BCUT2D eigenvalue weighted by molar-refractivity contribution is 6.02. The third-order valence-electron chi connectivity index (χ3n) is 3.58. The van der Waals surface area contributed by atoms with Crippen LogP contribution in [0.3, 0.4) is 0 Å². The molecular formula is C16H19N3O2. The van der Waals surface area contributed by atoms with E-state index < -0.39 is 0 Å². The third-order valence-corrected chi connectivity index (χ3v) is 3.58. The topological polar surface area (TPSA) is 56.6 Å². The Kier molecular flexibility index (Phi) is 4.96. The smallest absolute Gasteiger partial charge is 0.264 e. The van der Waals surface area contributed by atoms with Gasteiger partial charge >= 0.3 is 0 Å². The summed E-state index contributed by atoms with van der Waals surface area (Å²) in [5.74, 6) is 0.438. The van der Waals surface area contributed by atoms with Crippen LogP contribution < -0.4 is 4.74 Å². The molecule has 0 atom stereocenters. The Labute approximate surface area is 125 Å². The van der Waals surface area contributed by atoms with Gasteiger partial charge in [-0.25, -0.2) is 0 Å². The molecule has 5 heteroatoms. The van der Waals surface area contributed by atoms with Crippen LogP contribution in [0.25, 0.3) is 6.08 Å². The van der Waals surface area contributed by atoms with E-state index in [1.807, 2.05) is 31.3 Å². The van der Waals surface area contributed by atoms with Crippen LogP contribution >= 0.6 is 0 Å². The van der Waals surface area contributed by atoms with Crippen molar-refractivity contribution < 1.29 is 9.53 Å². The fourth-order valence-corrected chi connectivity index (χ4v) is 2.26. The first-order valence-electron chi connectivity index (χ1n) is 6.88. The third kappa shape index (κ3) is 3.61. The van der Waals surface area contributed by atoms with Gasteiger partial charge in [-0.05, 0) is 19.2 Å². The summed E-state index contributed by atoms with van der Waals surface area (Å²) in [6, 6.07) is 9.35. The molecule has 2 rings (SSSR count). The summed E-state index contributed by atoms with van der Waals surface area (Å²) < 4.78 is 5.24. The molecule has 0 unspecified atom stereocenters. The molecule has 0 N–H and O–H groups in total. The van der Waals surface area contributed by atoms with Crippen LogP contribution in [0.5, 0.6) is 5.75 Å². The fourth-order valence-electron chi connectivity index (χ4n) is 2.26. The maximum absolute atomic E-state index is 12.4. The molecule has 21 heavy (non-hydrogen) atoms. The lowest BCUT2D eigenvalue weighted by Gasteiger charge is -2.32. The molecule has 0 aliphatic carbocycles. The Morgan fingerprint density at radius 1 is 1.29 bits per heavy atom. The molecule has 0 saturated carbocycles. The second-order valence-electron chi connectivity index (χ2n) is 5.01. The maximum atomic E-state index is 12.4. The molecule has 1 amide bonds. The zero-order valence-electron chi connectivity index (χ0n) is 12.4. The minimum absolute atomic E-state index is 0.143. The lowest BCUT2D eigenvalue weighted by Crippen LogP contribution is -2.47. The van der Waals surface area contributed by atoms with Gasteiger partial charge in [0.1, 0.15) is 17.4 Å². The van der Waals surface area contributed by atoms with Crippen molar-refractivity contribution in [2.75, 3.05) is 40.3 Å². The molecule has 1 aliphatic heterocycles. The van der Waals surface area contributed by atoms with E-state index in [1.165, 1.54) is 0 Å². The summed E-state index contributed by atoms with van der Waals surface area (Å²) in [6.45, 7) is 2.97. The van der Waals surface area contributed by atoms with Crippen molar-refractivity contribution in [3.05, 3.63) is 35.4 Å². The maximum Gasteiger partial charge on any atom is 0.264 e. The number of para-hydroxylation sites is 1. The monoisotopic (exact) mass is 285 g/mol. The number of amides is 1. The first-order chi connectivity index (χ1) is 10.2. The van der Waals surface area contributed by atoms with Gasteiger partial charge in [-0.1, -0.05) is 18.2 Å². The number of nitrogens with zero attached hydrogens (tertiary/aromatic N) is 3. The van der Waals surface area contributed by atoms with E-state index in [0.717, 1.165) is 18.7 Å². The summed E-state index contributed by atoms with van der Waals surface area (Å²) in [5.41, 5.74) is 0.878. The summed E-state index contributed by atoms with van der Waals surface area (Å²) >= 11 is 0. The predicted octanol–water partition coefficient (Wildman–Crippen LogP) is 1.38. The zero-order valence-corrected chi connectivity index (χ0v) is 12.4. The molecule has 110 valence electrons. The Hall–Kier alpha value is -2.32. The predicted molar refractivity (Wildman–Crippen MR) is 80.7 cm³/mol. The SMILES string of the molecule is COc1ccccc1C=C(C#N)C(=O)N1CCN(C)CC1. The molecule has 1 aliphatic rings. The number of hydrogen-bond acceptors (Lipinski definition) is 4. The normalized spacial score (nSPS) is 16.4. The molecule has 1 saturated heterocycles. The van der Waals surface area contributed by atoms with Crippen molar-refractivity contribution >= 4 is 12.0 Å². The fraction of sp³-hybridized carbons (Fsp3) is 0.375. The number of methoxy groups -OCH3 is 1. The largest absolute Gasteiger partial charge is 0.496 e. The minimum atomic E-state index is -0.212. The number of carbonyl (C=O) groups excluding carboxylic acids is 1. The average Bonchev–Trinajstić information content (AvgIpc) is 2.53. The van der Waals surface area contributed by atoms with Crippen LogP contribution in [0.1, 0.15) is 5.56 Å². The first kappa shape index (κ1) is 15.1. The van der Waals surface area contributed by atoms with Gasteiger partial charge in [-0.2, -0.15) is 5.26 Å². The van der Waals surface area contributed by atoms with Crippen molar-refractivity contribution in [3.8, 4) is 11.8 Å². The van der Waals surface area contributed by atoms with E-state index in [0.29, 0.717) is 18.8 Å². The molecular weight excluding hydrogens is 266 g/mol. The molecule has 0 bridgehead atoms. The first-order valence-corrected chi connectivity index (χ1v) is 6.88. The second-order valence-corrected chi connectivity index (χ2v) is 5.01. The molecule has 0 aromatic heterocycles. The van der Waals surface area contributed by atoms with E-state index in [9.17, 15) is 10.1 Å². The molecule has 1 fully saturated rings. The molecule has 1 aromatic rings. The van der Waals surface area contributed by atoms with Crippen molar-refractivity contribution in [1.29, 1.82) is 5.26 Å². The number of piperazine rings is 1. The second kappa shape index (κ2) is 6.91. The molecule has 0 radical (unpaired) electrons. The highest BCUT2D eigenvalue weighted by atomic mass is 16.5. The van der Waals surface area contributed by atoms with Gasteiger partial charge in [0.2, 0.25) is 0 Å². The van der Waals surface area contributed by atoms with Crippen molar-refractivity contribution in [1.82, 2.24) is 9.80 Å². The number of likely N-dealkylation sites (N-methyl/N-ethyl adjacent to an activating group) is 1. The lowest BCUT2D eigenvalue weighted by atomic mass is 10.1. The van der Waals surface area contributed by atoms with Crippen LogP contribution in [0, 0.1) is 11.3 Å². The van der Waals surface area contributed by atoms with Crippen LogP contribution in [-0.4, -0.2) is 56.0 Å². The van der Waals surface area contributed by atoms with Gasteiger partial charge in [-0.3, -0.25) is 4.79 Å². The number of benzene rings is 1. The van der Waals surface area contributed by atoms with Crippen LogP contribution in [0.15, 0.2) is 29.8 Å². The van der Waals surface area contributed by atoms with Gasteiger partial charge in [0.15, 0.2) is 0 Å². The summed E-state index contributed by atoms with van der Waals surface area (Å²) in [7, 11) is 3.60. The molecule has 1 aromatic carbocycles. The quantitative estimate of drug-likeness (QED) is 0.622. The van der Waals surface area contributed by atoms with Gasteiger partial charge in [-0.15, -0.1) is 0 Å². The van der Waals surface area contributed by atoms with Gasteiger partial charge in [0, 0.05) is 31.7 Å². The highest BCUT2D eigenvalue weighted by Gasteiger charge is 2.22. The Morgan fingerprint density at radius 2 is 1.95 bits per heavy atom. The number of hydrogen-bond donors (Lipinski definition) is 0. The van der Waals surface area contributed by atoms with E-state index in [2.05, 4.69) is 4.90 Å². The highest BCUT2D eigenvalue weighted by Crippen LogP contribution is 2.21.